The first kappa shape index (κ1) is 13.9. The van der Waals surface area contributed by atoms with Gasteiger partial charge in [0, 0.05) is 12.1 Å². The van der Waals surface area contributed by atoms with E-state index in [9.17, 15) is 5.11 Å². The zero-order valence-electron chi connectivity index (χ0n) is 10.8. The first-order valence-corrected chi connectivity index (χ1v) is 6.67. The van der Waals surface area contributed by atoms with Crippen molar-refractivity contribution in [1.82, 2.24) is 5.32 Å². The van der Waals surface area contributed by atoms with Crippen LogP contribution in [0.1, 0.15) is 52.4 Å². The van der Waals surface area contributed by atoms with Crippen LogP contribution in [0, 0.1) is 0 Å². The van der Waals surface area contributed by atoms with Gasteiger partial charge in [-0.2, -0.15) is 0 Å². The van der Waals surface area contributed by atoms with Crippen LogP contribution in [0.25, 0.3) is 0 Å². The Labute approximate surface area is 99.6 Å². The van der Waals surface area contributed by atoms with E-state index in [1.54, 1.807) is 0 Å². The van der Waals surface area contributed by atoms with E-state index in [4.69, 9.17) is 4.74 Å². The predicted molar refractivity (Wildman–Crippen MR) is 66.6 cm³/mol. The second kappa shape index (κ2) is 7.25. The highest BCUT2D eigenvalue weighted by molar-refractivity contribution is 4.82. The zero-order valence-corrected chi connectivity index (χ0v) is 10.8. The lowest BCUT2D eigenvalue weighted by molar-refractivity contribution is -0.00256. The highest BCUT2D eigenvalue weighted by Crippen LogP contribution is 2.22. The summed E-state index contributed by atoms with van der Waals surface area (Å²) in [7, 11) is 0. The highest BCUT2D eigenvalue weighted by Gasteiger charge is 2.22. The Kier molecular flexibility index (Phi) is 6.32. The van der Waals surface area contributed by atoms with Gasteiger partial charge in [-0.25, -0.2) is 0 Å². The van der Waals surface area contributed by atoms with Gasteiger partial charge in [0.15, 0.2) is 0 Å². The fourth-order valence-corrected chi connectivity index (χ4v) is 1.90. The van der Waals surface area contributed by atoms with Crippen molar-refractivity contribution in [1.29, 1.82) is 0 Å². The first-order valence-electron chi connectivity index (χ1n) is 6.67. The smallest absolute Gasteiger partial charge is 0.0610 e. The lowest BCUT2D eigenvalue weighted by Gasteiger charge is -2.30. The maximum atomic E-state index is 9.37. The molecule has 1 rings (SSSR count). The summed E-state index contributed by atoms with van der Waals surface area (Å²) in [5, 5.41) is 12.8. The van der Waals surface area contributed by atoms with Crippen LogP contribution in [-0.4, -0.2) is 36.5 Å². The second-order valence-corrected chi connectivity index (χ2v) is 5.17. The van der Waals surface area contributed by atoms with Crippen molar-refractivity contribution >= 4 is 0 Å². The molecule has 96 valence electrons. The molecule has 1 fully saturated rings. The van der Waals surface area contributed by atoms with Crippen LogP contribution < -0.4 is 5.32 Å². The quantitative estimate of drug-likeness (QED) is 0.595. The molecule has 0 bridgehead atoms. The molecule has 0 heterocycles. The number of hydrogen-bond acceptors (Lipinski definition) is 3. The number of aliphatic hydroxyl groups excluding tert-OH is 1. The van der Waals surface area contributed by atoms with E-state index < -0.39 is 0 Å². The Morgan fingerprint density at radius 3 is 2.69 bits per heavy atom. The van der Waals surface area contributed by atoms with Gasteiger partial charge in [0.2, 0.25) is 0 Å². The summed E-state index contributed by atoms with van der Waals surface area (Å²) in [6.45, 7) is 6.25. The minimum absolute atomic E-state index is 0.126. The van der Waals surface area contributed by atoms with E-state index in [0.29, 0.717) is 6.10 Å². The van der Waals surface area contributed by atoms with Gasteiger partial charge in [0.25, 0.3) is 0 Å². The van der Waals surface area contributed by atoms with Gasteiger partial charge in [0.1, 0.15) is 0 Å². The van der Waals surface area contributed by atoms with E-state index in [0.717, 1.165) is 32.4 Å². The van der Waals surface area contributed by atoms with E-state index >= 15 is 0 Å². The lowest BCUT2D eigenvalue weighted by atomic mass is 9.95. The molecule has 0 spiro atoms. The molecule has 0 saturated heterocycles. The average molecular weight is 229 g/mol. The molecule has 1 unspecified atom stereocenters. The molecule has 3 nitrogen and oxygen atoms in total. The summed E-state index contributed by atoms with van der Waals surface area (Å²) in [6.07, 6.45) is 7.46. The van der Waals surface area contributed by atoms with Gasteiger partial charge in [-0.1, -0.05) is 6.92 Å². The molecule has 2 N–H and O–H groups in total. The summed E-state index contributed by atoms with van der Waals surface area (Å²) < 4.78 is 5.71. The minimum Gasteiger partial charge on any atom is -0.394 e. The van der Waals surface area contributed by atoms with Crippen molar-refractivity contribution in [3.63, 3.8) is 0 Å². The topological polar surface area (TPSA) is 41.5 Å². The third kappa shape index (κ3) is 4.81. The van der Waals surface area contributed by atoms with Crippen LogP contribution in [0.2, 0.25) is 0 Å². The zero-order chi connectivity index (χ0) is 11.9. The van der Waals surface area contributed by atoms with Gasteiger partial charge in [-0.05, 0) is 52.0 Å². The number of rotatable bonds is 9. The van der Waals surface area contributed by atoms with Crippen molar-refractivity contribution in [3.05, 3.63) is 0 Å². The molecule has 0 aliphatic heterocycles. The summed E-state index contributed by atoms with van der Waals surface area (Å²) in [5.74, 6) is 0. The van der Waals surface area contributed by atoms with Crippen LogP contribution >= 0.6 is 0 Å². The number of hydrogen-bond donors (Lipinski definition) is 2. The monoisotopic (exact) mass is 229 g/mol. The molecule has 1 aliphatic rings. The van der Waals surface area contributed by atoms with Crippen LogP contribution in [0.15, 0.2) is 0 Å². The molecular formula is C13H27NO2. The van der Waals surface area contributed by atoms with E-state index in [1.165, 1.54) is 19.3 Å². The Morgan fingerprint density at radius 1 is 1.44 bits per heavy atom. The van der Waals surface area contributed by atoms with Crippen LogP contribution in [0.3, 0.4) is 0 Å². The van der Waals surface area contributed by atoms with E-state index in [1.807, 2.05) is 0 Å². The number of aliphatic hydroxyl groups is 1. The Balaban J connectivity index is 2.06. The standard InChI is InChI=1S/C13H27NO2/c1-3-9-14-13(2,11-15)8-5-10-16-12-6-4-7-12/h12,14-15H,3-11H2,1-2H3. The molecule has 0 amide bonds. The van der Waals surface area contributed by atoms with Gasteiger partial charge in [-0.3, -0.25) is 0 Å². The molecular weight excluding hydrogens is 202 g/mol. The fourth-order valence-electron chi connectivity index (χ4n) is 1.90. The third-order valence-electron chi connectivity index (χ3n) is 3.43. The van der Waals surface area contributed by atoms with Crippen molar-refractivity contribution < 1.29 is 9.84 Å². The second-order valence-electron chi connectivity index (χ2n) is 5.17. The maximum absolute atomic E-state index is 9.37. The molecule has 0 radical (unpaired) electrons. The van der Waals surface area contributed by atoms with E-state index in [-0.39, 0.29) is 12.1 Å². The van der Waals surface area contributed by atoms with Crippen molar-refractivity contribution in [2.45, 2.75) is 64.0 Å². The van der Waals surface area contributed by atoms with Crippen molar-refractivity contribution in [3.8, 4) is 0 Å². The fraction of sp³-hybridized carbons (Fsp3) is 1.00. The Hall–Kier alpha value is -0.120. The van der Waals surface area contributed by atoms with Gasteiger partial charge in [-0.15, -0.1) is 0 Å². The number of nitrogens with one attached hydrogen (secondary N) is 1. The SMILES string of the molecule is CCCNC(C)(CO)CCCOC1CCC1. The molecule has 16 heavy (non-hydrogen) atoms. The molecule has 1 aliphatic carbocycles. The molecule has 1 saturated carbocycles. The average Bonchev–Trinajstić information content (AvgIpc) is 2.24. The van der Waals surface area contributed by atoms with Crippen LogP contribution in [0.5, 0.6) is 0 Å². The Bertz CT molecular complexity index is 183. The lowest BCUT2D eigenvalue weighted by Crippen LogP contribution is -2.46. The maximum Gasteiger partial charge on any atom is 0.0610 e. The summed E-state index contributed by atoms with van der Waals surface area (Å²) in [5.41, 5.74) is -0.126. The minimum atomic E-state index is -0.126. The van der Waals surface area contributed by atoms with Gasteiger partial charge < -0.3 is 15.2 Å². The van der Waals surface area contributed by atoms with Crippen molar-refractivity contribution in [2.24, 2.45) is 0 Å². The highest BCUT2D eigenvalue weighted by atomic mass is 16.5. The first-order chi connectivity index (χ1) is 7.70. The van der Waals surface area contributed by atoms with Gasteiger partial charge >= 0.3 is 0 Å². The van der Waals surface area contributed by atoms with Crippen molar-refractivity contribution in [2.75, 3.05) is 19.8 Å². The normalized spacial score (nSPS) is 20.4. The van der Waals surface area contributed by atoms with Gasteiger partial charge in [0.05, 0.1) is 12.7 Å². The van der Waals surface area contributed by atoms with E-state index in [2.05, 4.69) is 19.2 Å². The largest absolute Gasteiger partial charge is 0.394 e. The predicted octanol–water partition coefficient (Wildman–Crippen LogP) is 2.09. The molecule has 3 heteroatoms. The van der Waals surface area contributed by atoms with Crippen LogP contribution in [0.4, 0.5) is 0 Å². The summed E-state index contributed by atoms with van der Waals surface area (Å²) in [6, 6.07) is 0. The number of ether oxygens (including phenoxy) is 1. The molecule has 0 aromatic rings. The Morgan fingerprint density at radius 2 is 2.19 bits per heavy atom. The summed E-state index contributed by atoms with van der Waals surface area (Å²) in [4.78, 5) is 0. The van der Waals surface area contributed by atoms with Crippen LogP contribution in [-0.2, 0) is 4.74 Å². The molecule has 0 aromatic heterocycles. The molecule has 1 atom stereocenters. The molecule has 0 aromatic carbocycles. The third-order valence-corrected chi connectivity index (χ3v) is 3.43. The summed E-state index contributed by atoms with van der Waals surface area (Å²) >= 11 is 0.